The molecule has 0 bridgehead atoms. The molecule has 0 aliphatic rings. The van der Waals surface area contributed by atoms with Gasteiger partial charge in [-0.25, -0.2) is 0 Å². The van der Waals surface area contributed by atoms with Crippen LogP contribution in [0, 0.1) is 0 Å². The molecule has 4 nitrogen and oxygen atoms in total. The van der Waals surface area contributed by atoms with Gasteiger partial charge in [0.15, 0.2) is 0 Å². The predicted octanol–water partition coefficient (Wildman–Crippen LogP) is 4.51. The first-order chi connectivity index (χ1) is 10.0. The Morgan fingerprint density at radius 2 is 1.24 bits per heavy atom. The van der Waals surface area contributed by atoms with E-state index in [9.17, 15) is 8.42 Å². The van der Waals surface area contributed by atoms with Gasteiger partial charge >= 0.3 is 0 Å². The van der Waals surface area contributed by atoms with Crippen molar-refractivity contribution in [2.24, 2.45) is 0 Å². The van der Waals surface area contributed by atoms with Crippen molar-refractivity contribution in [3.05, 3.63) is 0 Å². The highest BCUT2D eigenvalue weighted by Gasteiger charge is 2.19. The molecule has 0 amide bonds. The number of nitrogens with one attached hydrogen (secondary N) is 1. The van der Waals surface area contributed by atoms with Crippen molar-refractivity contribution in [1.82, 2.24) is 5.32 Å². The van der Waals surface area contributed by atoms with Crippen LogP contribution in [0.15, 0.2) is 0 Å². The van der Waals surface area contributed by atoms with Gasteiger partial charge in [0.1, 0.15) is 5.37 Å². The van der Waals surface area contributed by atoms with Crippen LogP contribution in [-0.4, -0.2) is 24.9 Å². The van der Waals surface area contributed by atoms with Gasteiger partial charge in [-0.15, -0.1) is 0 Å². The second kappa shape index (κ2) is 13.5. The van der Waals surface area contributed by atoms with Crippen molar-refractivity contribution in [2.75, 3.05) is 6.54 Å². The molecule has 0 aliphatic heterocycles. The lowest BCUT2D eigenvalue weighted by atomic mass is 10.1. The Hall–Kier alpha value is -0.130. The van der Waals surface area contributed by atoms with Gasteiger partial charge in [-0.3, -0.25) is 9.87 Å². The van der Waals surface area contributed by atoms with Crippen LogP contribution in [-0.2, 0) is 10.1 Å². The molecule has 0 aromatic rings. The maximum atomic E-state index is 11.0. The molecule has 0 heterocycles. The molecule has 0 radical (unpaired) electrons. The summed E-state index contributed by atoms with van der Waals surface area (Å²) in [4.78, 5) is 0. The van der Waals surface area contributed by atoms with Crippen LogP contribution in [0.3, 0.4) is 0 Å². The van der Waals surface area contributed by atoms with E-state index in [0.29, 0.717) is 13.0 Å². The minimum Gasteiger partial charge on any atom is -0.299 e. The van der Waals surface area contributed by atoms with Gasteiger partial charge in [0.2, 0.25) is 0 Å². The fraction of sp³-hybridized carbons (Fsp3) is 1.00. The molecule has 1 atom stereocenters. The molecule has 0 aromatic heterocycles. The summed E-state index contributed by atoms with van der Waals surface area (Å²) in [5.74, 6) is 0. The van der Waals surface area contributed by atoms with Gasteiger partial charge in [0, 0.05) is 0 Å². The summed E-state index contributed by atoms with van der Waals surface area (Å²) in [6.07, 6.45) is 14.5. The lowest BCUT2D eigenvalue weighted by molar-refractivity contribution is 0.441. The number of hydrogen-bond donors (Lipinski definition) is 2. The van der Waals surface area contributed by atoms with Crippen LogP contribution in [0.2, 0.25) is 0 Å². The summed E-state index contributed by atoms with van der Waals surface area (Å²) in [5, 5.41) is 2.10. The van der Waals surface area contributed by atoms with Crippen molar-refractivity contribution in [2.45, 2.75) is 96.3 Å². The van der Waals surface area contributed by atoms with E-state index in [4.69, 9.17) is 4.55 Å². The topological polar surface area (TPSA) is 66.4 Å². The van der Waals surface area contributed by atoms with E-state index in [-0.39, 0.29) is 0 Å². The van der Waals surface area contributed by atoms with Gasteiger partial charge in [-0.05, 0) is 19.4 Å². The molecular weight excluding hydrogens is 286 g/mol. The molecule has 0 aromatic carbocycles. The second-order valence-corrected chi connectivity index (χ2v) is 7.50. The predicted molar refractivity (Wildman–Crippen MR) is 90.1 cm³/mol. The van der Waals surface area contributed by atoms with Gasteiger partial charge in [-0.1, -0.05) is 78.1 Å². The summed E-state index contributed by atoms with van der Waals surface area (Å²) in [5.41, 5.74) is 0. The molecule has 5 heteroatoms. The van der Waals surface area contributed by atoms with Crippen LogP contribution >= 0.6 is 0 Å². The zero-order valence-corrected chi connectivity index (χ0v) is 14.8. The summed E-state index contributed by atoms with van der Waals surface area (Å²) in [7, 11) is -3.94. The normalized spacial score (nSPS) is 13.5. The van der Waals surface area contributed by atoms with E-state index in [1.165, 1.54) is 57.8 Å². The third kappa shape index (κ3) is 13.3. The molecule has 128 valence electrons. The Labute approximate surface area is 131 Å². The first kappa shape index (κ1) is 20.9. The SMILES string of the molecule is CCCCCCCCCCCCCNC(CC)S(=O)(=O)O. The Balaban J connectivity index is 3.29. The van der Waals surface area contributed by atoms with Gasteiger partial charge in [0.05, 0.1) is 0 Å². The monoisotopic (exact) mass is 321 g/mol. The molecule has 0 saturated carbocycles. The highest BCUT2D eigenvalue weighted by atomic mass is 32.2. The molecule has 0 saturated heterocycles. The summed E-state index contributed by atoms with van der Waals surface area (Å²) >= 11 is 0. The summed E-state index contributed by atoms with van der Waals surface area (Å²) in [6.45, 7) is 4.66. The second-order valence-electron chi connectivity index (χ2n) is 5.90. The van der Waals surface area contributed by atoms with Crippen molar-refractivity contribution in [3.8, 4) is 0 Å². The molecule has 1 unspecified atom stereocenters. The third-order valence-corrected chi connectivity index (χ3v) is 5.10. The van der Waals surface area contributed by atoms with Crippen LogP contribution in [0.5, 0.6) is 0 Å². The molecular formula is C16H35NO3S. The highest BCUT2D eigenvalue weighted by Crippen LogP contribution is 2.11. The van der Waals surface area contributed by atoms with E-state index in [1.54, 1.807) is 6.92 Å². The summed E-state index contributed by atoms with van der Waals surface area (Å²) in [6, 6.07) is 0. The fourth-order valence-corrected chi connectivity index (χ4v) is 3.26. The number of hydrogen-bond acceptors (Lipinski definition) is 3. The van der Waals surface area contributed by atoms with Gasteiger partial charge in [-0.2, -0.15) is 8.42 Å². The lowest BCUT2D eigenvalue weighted by Gasteiger charge is -2.13. The average Bonchev–Trinajstić information content (AvgIpc) is 2.42. The quantitative estimate of drug-likeness (QED) is 0.344. The van der Waals surface area contributed by atoms with Crippen molar-refractivity contribution < 1.29 is 13.0 Å². The number of rotatable bonds is 15. The molecule has 21 heavy (non-hydrogen) atoms. The van der Waals surface area contributed by atoms with Crippen molar-refractivity contribution in [3.63, 3.8) is 0 Å². The minimum atomic E-state index is -3.94. The molecule has 0 spiro atoms. The maximum absolute atomic E-state index is 11.0. The Bertz CT molecular complexity index is 317. The minimum absolute atomic E-state index is 0.400. The Morgan fingerprint density at radius 1 is 0.810 bits per heavy atom. The van der Waals surface area contributed by atoms with E-state index in [1.807, 2.05) is 0 Å². The zero-order chi connectivity index (χ0) is 16.0. The maximum Gasteiger partial charge on any atom is 0.281 e. The third-order valence-electron chi connectivity index (χ3n) is 3.88. The van der Waals surface area contributed by atoms with E-state index in [0.717, 1.165) is 12.8 Å². The highest BCUT2D eigenvalue weighted by molar-refractivity contribution is 7.86. The number of unbranched alkanes of at least 4 members (excludes halogenated alkanes) is 10. The Kier molecular flexibility index (Phi) is 13.4. The lowest BCUT2D eigenvalue weighted by Crippen LogP contribution is -2.36. The molecule has 2 N–H and O–H groups in total. The fourth-order valence-electron chi connectivity index (χ4n) is 2.51. The van der Waals surface area contributed by atoms with Gasteiger partial charge < -0.3 is 0 Å². The summed E-state index contributed by atoms with van der Waals surface area (Å²) < 4.78 is 30.9. The largest absolute Gasteiger partial charge is 0.299 e. The molecule has 0 fully saturated rings. The van der Waals surface area contributed by atoms with Crippen molar-refractivity contribution in [1.29, 1.82) is 0 Å². The van der Waals surface area contributed by atoms with Crippen molar-refractivity contribution >= 4 is 10.1 Å². The Morgan fingerprint density at radius 3 is 1.62 bits per heavy atom. The zero-order valence-electron chi connectivity index (χ0n) is 13.9. The first-order valence-corrected chi connectivity index (χ1v) is 10.2. The molecule has 0 aliphatic carbocycles. The van der Waals surface area contributed by atoms with Crippen LogP contribution in [0.25, 0.3) is 0 Å². The average molecular weight is 322 g/mol. The van der Waals surface area contributed by atoms with E-state index in [2.05, 4.69) is 12.2 Å². The van der Waals surface area contributed by atoms with Crippen LogP contribution in [0.4, 0.5) is 0 Å². The van der Waals surface area contributed by atoms with E-state index >= 15 is 0 Å². The van der Waals surface area contributed by atoms with Crippen LogP contribution in [0.1, 0.15) is 90.9 Å². The van der Waals surface area contributed by atoms with Crippen LogP contribution < -0.4 is 5.32 Å². The molecule has 0 rings (SSSR count). The van der Waals surface area contributed by atoms with E-state index < -0.39 is 15.5 Å². The smallest absolute Gasteiger partial charge is 0.281 e. The standard InChI is InChI=1S/C16H35NO3S/c1-3-5-6-7-8-9-10-11-12-13-14-15-17-16(4-2)21(18,19)20/h16-17H,3-15H2,1-2H3,(H,18,19,20). The van der Waals surface area contributed by atoms with Gasteiger partial charge in [0.25, 0.3) is 10.1 Å². The first-order valence-electron chi connectivity index (χ1n) is 8.72.